The fraction of sp³-hybridized carbons (Fsp3) is 0.286. The number of hydrogen-bond donors (Lipinski definition) is 1. The molecule has 1 aliphatic rings. The summed E-state index contributed by atoms with van der Waals surface area (Å²) in [6, 6.07) is 14.5. The van der Waals surface area contributed by atoms with E-state index in [1.807, 2.05) is 30.3 Å². The zero-order valence-corrected chi connectivity index (χ0v) is 16.3. The van der Waals surface area contributed by atoms with E-state index in [4.69, 9.17) is 9.47 Å². The Morgan fingerprint density at radius 3 is 2.55 bits per heavy atom. The maximum Gasteiger partial charge on any atom is 0.351 e. The molecule has 1 aromatic heterocycles. The average Bonchev–Trinajstić information content (AvgIpc) is 3.53. The second kappa shape index (κ2) is 7.83. The topological polar surface area (TPSA) is 87.4 Å². The normalized spacial score (nSPS) is 13.2. The summed E-state index contributed by atoms with van der Waals surface area (Å²) in [6.45, 7) is -0.196. The minimum absolute atomic E-state index is 0.196. The molecule has 1 aliphatic carbocycles. The zero-order valence-electron chi connectivity index (χ0n) is 16.3. The lowest BCUT2D eigenvalue weighted by Crippen LogP contribution is -2.29. The number of rotatable bonds is 7. The maximum atomic E-state index is 13.0. The molecule has 1 heterocycles. The molecule has 8 nitrogen and oxygen atoms in total. The molecule has 1 amide bonds. The standard InChI is InChI=1S/C21H22N4O4/c1-28-16-10-11-18(29-2)17(12-16)22-19(26)13-24-21(27)25(15-6-4-3-5-7-15)20(23-24)14-8-9-14/h3-7,10-12,14H,8-9,13H2,1-2H3,(H,22,26). The van der Waals surface area contributed by atoms with Crippen LogP contribution >= 0.6 is 0 Å². The molecule has 1 fully saturated rings. The van der Waals surface area contributed by atoms with Crippen LogP contribution in [0.1, 0.15) is 24.6 Å². The summed E-state index contributed by atoms with van der Waals surface area (Å²) in [5, 5.41) is 7.23. The molecule has 1 N–H and O–H groups in total. The van der Waals surface area contributed by atoms with Gasteiger partial charge in [-0.1, -0.05) is 18.2 Å². The van der Waals surface area contributed by atoms with Crippen molar-refractivity contribution in [3.05, 3.63) is 64.8 Å². The first-order valence-corrected chi connectivity index (χ1v) is 9.37. The van der Waals surface area contributed by atoms with Crippen molar-refractivity contribution in [2.75, 3.05) is 19.5 Å². The molecule has 3 aromatic rings. The van der Waals surface area contributed by atoms with Crippen LogP contribution in [0.5, 0.6) is 11.5 Å². The first kappa shape index (κ1) is 18.8. The smallest absolute Gasteiger partial charge is 0.351 e. The molecule has 1 saturated carbocycles. The number of ether oxygens (including phenoxy) is 2. The van der Waals surface area contributed by atoms with Gasteiger partial charge in [-0.3, -0.25) is 4.79 Å². The first-order valence-electron chi connectivity index (χ1n) is 9.37. The molecule has 0 radical (unpaired) electrons. The minimum atomic E-state index is -0.376. The van der Waals surface area contributed by atoms with Crippen molar-refractivity contribution in [2.45, 2.75) is 25.3 Å². The quantitative estimate of drug-likeness (QED) is 0.666. The van der Waals surface area contributed by atoms with E-state index < -0.39 is 0 Å². The lowest BCUT2D eigenvalue weighted by Gasteiger charge is -2.11. The Hall–Kier alpha value is -3.55. The van der Waals surface area contributed by atoms with E-state index in [0.29, 0.717) is 23.0 Å². The van der Waals surface area contributed by atoms with Gasteiger partial charge in [0, 0.05) is 12.0 Å². The number of para-hydroxylation sites is 1. The zero-order chi connectivity index (χ0) is 20.4. The third kappa shape index (κ3) is 3.87. The third-order valence-corrected chi connectivity index (χ3v) is 4.80. The lowest BCUT2D eigenvalue weighted by molar-refractivity contribution is -0.117. The van der Waals surface area contributed by atoms with E-state index in [-0.39, 0.29) is 24.1 Å². The Kier molecular flexibility index (Phi) is 5.07. The number of benzene rings is 2. The molecular formula is C21H22N4O4. The van der Waals surface area contributed by atoms with Gasteiger partial charge in [0.15, 0.2) is 0 Å². The van der Waals surface area contributed by atoms with Crippen LogP contribution in [0.2, 0.25) is 0 Å². The van der Waals surface area contributed by atoms with Crippen molar-refractivity contribution in [2.24, 2.45) is 0 Å². The summed E-state index contributed by atoms with van der Waals surface area (Å²) in [4.78, 5) is 25.6. The van der Waals surface area contributed by atoms with Gasteiger partial charge in [-0.15, -0.1) is 0 Å². The maximum absolute atomic E-state index is 13.0. The van der Waals surface area contributed by atoms with Crippen LogP contribution in [0.25, 0.3) is 5.69 Å². The highest BCUT2D eigenvalue weighted by atomic mass is 16.5. The predicted octanol–water partition coefficient (Wildman–Crippen LogP) is 2.57. The minimum Gasteiger partial charge on any atom is -0.497 e. The molecule has 0 aliphatic heterocycles. The highest BCUT2D eigenvalue weighted by molar-refractivity contribution is 5.92. The molecule has 2 aromatic carbocycles. The van der Waals surface area contributed by atoms with Gasteiger partial charge in [0.05, 0.1) is 25.6 Å². The largest absolute Gasteiger partial charge is 0.497 e. The summed E-state index contributed by atoms with van der Waals surface area (Å²) in [6.07, 6.45) is 1.99. The average molecular weight is 394 g/mol. The highest BCUT2D eigenvalue weighted by Crippen LogP contribution is 2.39. The van der Waals surface area contributed by atoms with Gasteiger partial charge in [0.2, 0.25) is 5.91 Å². The van der Waals surface area contributed by atoms with E-state index in [0.717, 1.165) is 18.5 Å². The molecule has 0 atom stereocenters. The Morgan fingerprint density at radius 1 is 1.14 bits per heavy atom. The van der Waals surface area contributed by atoms with E-state index in [2.05, 4.69) is 10.4 Å². The van der Waals surface area contributed by atoms with Gasteiger partial charge in [-0.05, 0) is 37.1 Å². The SMILES string of the molecule is COc1ccc(OC)c(NC(=O)Cn2nc(C3CC3)n(-c3ccccc3)c2=O)c1. The van der Waals surface area contributed by atoms with E-state index >= 15 is 0 Å². The molecule has 150 valence electrons. The second-order valence-corrected chi connectivity index (χ2v) is 6.86. The molecule has 0 unspecified atom stereocenters. The lowest BCUT2D eigenvalue weighted by atomic mass is 10.2. The number of nitrogens with zero attached hydrogens (tertiary/aromatic N) is 3. The van der Waals surface area contributed by atoms with Crippen molar-refractivity contribution < 1.29 is 14.3 Å². The van der Waals surface area contributed by atoms with Crippen LogP contribution in [-0.4, -0.2) is 34.5 Å². The summed E-state index contributed by atoms with van der Waals surface area (Å²) < 4.78 is 13.3. The second-order valence-electron chi connectivity index (χ2n) is 6.86. The van der Waals surface area contributed by atoms with Gasteiger partial charge < -0.3 is 14.8 Å². The van der Waals surface area contributed by atoms with Crippen molar-refractivity contribution in [3.63, 3.8) is 0 Å². The number of hydrogen-bond acceptors (Lipinski definition) is 5. The summed E-state index contributed by atoms with van der Waals surface area (Å²) in [7, 11) is 3.06. The van der Waals surface area contributed by atoms with Crippen molar-refractivity contribution in [1.29, 1.82) is 0 Å². The Balaban J connectivity index is 1.60. The van der Waals surface area contributed by atoms with Crippen LogP contribution in [0.3, 0.4) is 0 Å². The Morgan fingerprint density at radius 2 is 1.90 bits per heavy atom. The van der Waals surface area contributed by atoms with Crippen molar-refractivity contribution >= 4 is 11.6 Å². The monoisotopic (exact) mass is 394 g/mol. The number of amides is 1. The van der Waals surface area contributed by atoms with Crippen LogP contribution < -0.4 is 20.5 Å². The fourth-order valence-electron chi connectivity index (χ4n) is 3.19. The molecular weight excluding hydrogens is 372 g/mol. The number of aromatic nitrogens is 3. The van der Waals surface area contributed by atoms with Gasteiger partial charge in [-0.2, -0.15) is 5.10 Å². The number of anilines is 1. The van der Waals surface area contributed by atoms with E-state index in [1.165, 1.54) is 11.8 Å². The van der Waals surface area contributed by atoms with Crippen LogP contribution in [0.15, 0.2) is 53.3 Å². The van der Waals surface area contributed by atoms with Crippen LogP contribution in [0.4, 0.5) is 5.69 Å². The number of nitrogens with one attached hydrogen (secondary N) is 1. The molecule has 0 spiro atoms. The summed E-state index contributed by atoms with van der Waals surface area (Å²) in [5.41, 5.74) is 0.890. The molecule has 8 heteroatoms. The van der Waals surface area contributed by atoms with Gasteiger partial charge in [0.1, 0.15) is 23.9 Å². The summed E-state index contributed by atoms with van der Waals surface area (Å²) in [5.74, 6) is 1.67. The fourth-order valence-corrected chi connectivity index (χ4v) is 3.19. The Labute approximate surface area is 167 Å². The van der Waals surface area contributed by atoms with Gasteiger partial charge >= 0.3 is 5.69 Å². The predicted molar refractivity (Wildman–Crippen MR) is 108 cm³/mol. The summed E-state index contributed by atoms with van der Waals surface area (Å²) >= 11 is 0. The number of methoxy groups -OCH3 is 2. The van der Waals surface area contributed by atoms with E-state index in [1.54, 1.807) is 29.9 Å². The Bertz CT molecular complexity index is 1080. The van der Waals surface area contributed by atoms with Crippen molar-refractivity contribution in [3.8, 4) is 17.2 Å². The van der Waals surface area contributed by atoms with Gasteiger partial charge in [0.25, 0.3) is 0 Å². The van der Waals surface area contributed by atoms with Crippen molar-refractivity contribution in [1.82, 2.24) is 14.3 Å². The van der Waals surface area contributed by atoms with E-state index in [9.17, 15) is 9.59 Å². The molecule has 0 saturated heterocycles. The highest BCUT2D eigenvalue weighted by Gasteiger charge is 2.31. The number of carbonyl (C=O) groups excluding carboxylic acids is 1. The third-order valence-electron chi connectivity index (χ3n) is 4.80. The molecule has 0 bridgehead atoms. The first-order chi connectivity index (χ1) is 14.1. The van der Waals surface area contributed by atoms with Crippen LogP contribution in [0, 0.1) is 0 Å². The number of carbonyl (C=O) groups is 1. The van der Waals surface area contributed by atoms with Gasteiger partial charge in [-0.25, -0.2) is 14.0 Å². The molecule has 4 rings (SSSR count). The molecule has 29 heavy (non-hydrogen) atoms. The van der Waals surface area contributed by atoms with Crippen LogP contribution in [-0.2, 0) is 11.3 Å².